The van der Waals surface area contributed by atoms with E-state index in [0.29, 0.717) is 17.6 Å². The Morgan fingerprint density at radius 2 is 1.97 bits per heavy atom. The minimum atomic E-state index is -0.300. The zero-order valence-electron chi connectivity index (χ0n) is 17.4. The highest BCUT2D eigenvalue weighted by Crippen LogP contribution is 2.79. The second-order valence-corrected chi connectivity index (χ2v) is 11.4. The Morgan fingerprint density at radius 1 is 1.10 bits per heavy atom. The summed E-state index contributed by atoms with van der Waals surface area (Å²) < 4.78 is 6.23. The number of fused-ring (bicyclic) bond motifs is 9. The van der Waals surface area contributed by atoms with Crippen LogP contribution in [0.4, 0.5) is 0 Å². The summed E-state index contributed by atoms with van der Waals surface area (Å²) in [5.41, 5.74) is 1.37. The third-order valence-electron chi connectivity index (χ3n) is 10.7. The Bertz CT molecular complexity index is 865. The van der Waals surface area contributed by atoms with E-state index in [-0.39, 0.29) is 17.0 Å². The van der Waals surface area contributed by atoms with Crippen molar-refractivity contribution >= 4 is 11.8 Å². The van der Waals surface area contributed by atoms with Crippen LogP contribution in [-0.2, 0) is 14.3 Å². The molecule has 1 spiro atoms. The summed E-state index contributed by atoms with van der Waals surface area (Å²) in [6.07, 6.45) is 16.6. The molecule has 9 atom stereocenters. The third-order valence-corrected chi connectivity index (χ3v) is 10.7. The minimum Gasteiger partial charge on any atom is -0.451 e. The van der Waals surface area contributed by atoms with Gasteiger partial charge >= 0.3 is 5.97 Å². The average molecular weight is 393 g/mol. The van der Waals surface area contributed by atoms with Crippen molar-refractivity contribution in [3.63, 3.8) is 0 Å². The molecule has 0 bridgehead atoms. The van der Waals surface area contributed by atoms with Gasteiger partial charge in [-0.2, -0.15) is 0 Å². The van der Waals surface area contributed by atoms with Gasteiger partial charge in [0.2, 0.25) is 0 Å². The molecule has 3 unspecified atom stereocenters. The van der Waals surface area contributed by atoms with E-state index in [1.807, 2.05) is 0 Å². The first kappa shape index (κ1) is 17.3. The molecule has 5 fully saturated rings. The summed E-state index contributed by atoms with van der Waals surface area (Å²) in [5, 5.41) is 0. The van der Waals surface area contributed by atoms with Gasteiger partial charge in [-0.1, -0.05) is 12.5 Å². The van der Waals surface area contributed by atoms with Crippen LogP contribution in [0.1, 0.15) is 64.7 Å². The molecule has 0 N–H and O–H groups in total. The molecule has 0 amide bonds. The largest absolute Gasteiger partial charge is 0.451 e. The second-order valence-electron chi connectivity index (χ2n) is 11.4. The third kappa shape index (κ3) is 2.01. The van der Waals surface area contributed by atoms with Gasteiger partial charge in [0.05, 0.1) is 0 Å². The number of carbonyl (C=O) groups excluding carboxylic acids is 2. The van der Waals surface area contributed by atoms with Crippen molar-refractivity contribution in [2.24, 2.45) is 52.8 Å². The maximum atomic E-state index is 12.2. The average Bonchev–Trinajstić information content (AvgIpc) is 3.64. The van der Waals surface area contributed by atoms with Crippen LogP contribution in [0, 0.1) is 52.8 Å². The van der Waals surface area contributed by atoms with E-state index in [1.54, 1.807) is 6.08 Å². The molecule has 7 aliphatic rings. The molecule has 29 heavy (non-hydrogen) atoms. The highest BCUT2D eigenvalue weighted by atomic mass is 16.6. The van der Waals surface area contributed by atoms with Gasteiger partial charge in [0.1, 0.15) is 5.60 Å². The quantitative estimate of drug-likeness (QED) is 0.630. The number of allylic oxidation sites excluding steroid dienone is 1. The summed E-state index contributed by atoms with van der Waals surface area (Å²) in [6, 6.07) is 0. The Kier molecular flexibility index (Phi) is 3.25. The Balaban J connectivity index is 1.34. The predicted octanol–water partition coefficient (Wildman–Crippen LogP) is 4.86. The number of carbonyl (C=O) groups is 2. The van der Waals surface area contributed by atoms with Gasteiger partial charge in [-0.05, 0) is 105 Å². The van der Waals surface area contributed by atoms with E-state index < -0.39 is 0 Å². The van der Waals surface area contributed by atoms with Gasteiger partial charge in [-0.15, -0.1) is 0 Å². The number of ether oxygens (including phenoxy) is 1. The van der Waals surface area contributed by atoms with Crippen molar-refractivity contribution in [2.75, 3.05) is 0 Å². The van der Waals surface area contributed by atoms with Gasteiger partial charge in [-0.25, -0.2) is 4.79 Å². The van der Waals surface area contributed by atoms with E-state index in [0.717, 1.165) is 54.8 Å². The Labute approximate surface area is 173 Å². The first-order valence-corrected chi connectivity index (χ1v) is 12.2. The maximum Gasteiger partial charge on any atom is 0.331 e. The molecule has 0 aromatic heterocycles. The van der Waals surface area contributed by atoms with Crippen LogP contribution in [0.3, 0.4) is 0 Å². The van der Waals surface area contributed by atoms with Crippen molar-refractivity contribution < 1.29 is 14.3 Å². The lowest BCUT2D eigenvalue weighted by molar-refractivity contribution is -0.175. The summed E-state index contributed by atoms with van der Waals surface area (Å²) in [7, 11) is 0. The smallest absolute Gasteiger partial charge is 0.331 e. The van der Waals surface area contributed by atoms with Gasteiger partial charge in [-0.3, -0.25) is 4.79 Å². The second kappa shape index (κ2) is 5.45. The zero-order valence-corrected chi connectivity index (χ0v) is 17.4. The fraction of sp³-hybridized carbons (Fsp3) is 0.769. The van der Waals surface area contributed by atoms with Crippen LogP contribution in [-0.4, -0.2) is 17.4 Å². The van der Waals surface area contributed by atoms with Crippen molar-refractivity contribution in [2.45, 2.75) is 70.3 Å². The van der Waals surface area contributed by atoms with Gasteiger partial charge in [0, 0.05) is 23.8 Å². The summed E-state index contributed by atoms with van der Waals surface area (Å²) in [6.45, 7) is 2.36. The first-order valence-electron chi connectivity index (χ1n) is 12.2. The SMILES string of the molecule is CC[C@]12CCC3C(C1[C@H]1C[C@H]1[C@@]21C=CC(=O)O1)[C@@H](C1CC1)CC1=CC(=O)CC[C@@H]13. The van der Waals surface area contributed by atoms with E-state index in [4.69, 9.17) is 4.74 Å². The van der Waals surface area contributed by atoms with E-state index in [1.165, 1.54) is 44.1 Å². The van der Waals surface area contributed by atoms with Crippen molar-refractivity contribution in [1.29, 1.82) is 0 Å². The molecule has 3 heteroatoms. The van der Waals surface area contributed by atoms with Crippen LogP contribution >= 0.6 is 0 Å². The lowest BCUT2D eigenvalue weighted by Gasteiger charge is -2.60. The number of hydrogen-bond acceptors (Lipinski definition) is 3. The Hall–Kier alpha value is -1.38. The van der Waals surface area contributed by atoms with Crippen molar-refractivity contribution in [3.05, 3.63) is 23.8 Å². The molecule has 1 heterocycles. The number of rotatable bonds is 2. The van der Waals surface area contributed by atoms with Gasteiger partial charge in [0.25, 0.3) is 0 Å². The zero-order chi connectivity index (χ0) is 19.5. The Morgan fingerprint density at radius 3 is 2.69 bits per heavy atom. The van der Waals surface area contributed by atoms with Crippen LogP contribution in [0.2, 0.25) is 0 Å². The molecule has 1 aliphatic heterocycles. The molecule has 154 valence electrons. The molecule has 0 aromatic rings. The summed E-state index contributed by atoms with van der Waals surface area (Å²) in [4.78, 5) is 24.4. The minimum absolute atomic E-state index is 0.107. The van der Waals surface area contributed by atoms with Crippen molar-refractivity contribution in [3.8, 4) is 0 Å². The maximum absolute atomic E-state index is 12.2. The monoisotopic (exact) mass is 392 g/mol. The highest BCUT2D eigenvalue weighted by molar-refractivity contribution is 5.91. The van der Waals surface area contributed by atoms with Crippen LogP contribution in [0.5, 0.6) is 0 Å². The number of hydrogen-bond donors (Lipinski definition) is 0. The van der Waals surface area contributed by atoms with E-state index in [9.17, 15) is 9.59 Å². The normalized spacial score (nSPS) is 54.4. The molecule has 6 aliphatic carbocycles. The molecule has 0 radical (unpaired) electrons. The number of ketones is 1. The first-order chi connectivity index (χ1) is 14.1. The number of esters is 1. The summed E-state index contributed by atoms with van der Waals surface area (Å²) in [5.74, 6) is 6.15. The van der Waals surface area contributed by atoms with E-state index in [2.05, 4.69) is 19.1 Å². The van der Waals surface area contributed by atoms with Crippen LogP contribution < -0.4 is 0 Å². The molecule has 3 nitrogen and oxygen atoms in total. The molecule has 0 aromatic carbocycles. The topological polar surface area (TPSA) is 43.4 Å². The summed E-state index contributed by atoms with van der Waals surface area (Å²) >= 11 is 0. The van der Waals surface area contributed by atoms with E-state index >= 15 is 0 Å². The molecular formula is C26H32O3. The lowest BCUT2D eigenvalue weighted by atomic mass is 9.45. The fourth-order valence-corrected chi connectivity index (χ4v) is 9.66. The van der Waals surface area contributed by atoms with Gasteiger partial charge < -0.3 is 4.74 Å². The van der Waals surface area contributed by atoms with Crippen LogP contribution in [0.25, 0.3) is 0 Å². The molecular weight excluding hydrogens is 360 g/mol. The van der Waals surface area contributed by atoms with Crippen LogP contribution in [0.15, 0.2) is 23.8 Å². The lowest BCUT2D eigenvalue weighted by Crippen LogP contribution is -2.58. The molecule has 0 saturated heterocycles. The standard InChI is InChI=1S/C26H32O3/c1-2-25-9-7-18-17-6-5-16(27)11-15(17)12-19(14-3-4-14)23(18)24(25)20-13-21(20)26(25)10-8-22(28)29-26/h8,10-11,14,17-21,23-24H,2-7,9,12-13H2,1H3/t17-,18?,19+,20-,21+,23?,24?,25-,26-/m0/s1. The fourth-order valence-electron chi connectivity index (χ4n) is 9.66. The van der Waals surface area contributed by atoms with Gasteiger partial charge in [0.15, 0.2) is 5.78 Å². The molecule has 5 saturated carbocycles. The van der Waals surface area contributed by atoms with Crippen molar-refractivity contribution in [1.82, 2.24) is 0 Å². The molecule has 7 rings (SSSR count). The highest BCUT2D eigenvalue weighted by Gasteiger charge is 2.79. The predicted molar refractivity (Wildman–Crippen MR) is 109 cm³/mol.